The quantitative estimate of drug-likeness (QED) is 0.0347. The van der Waals surface area contributed by atoms with E-state index in [0.29, 0.717) is 12.8 Å². The minimum absolute atomic E-state index is 0.196. The van der Waals surface area contributed by atoms with Crippen LogP contribution in [0, 0.1) is 0 Å². The van der Waals surface area contributed by atoms with Crippen molar-refractivity contribution >= 4 is 11.9 Å². The van der Waals surface area contributed by atoms with Crippen LogP contribution in [0.4, 0.5) is 0 Å². The van der Waals surface area contributed by atoms with Crippen molar-refractivity contribution in [2.75, 3.05) is 19.8 Å². The van der Waals surface area contributed by atoms with E-state index in [4.69, 9.17) is 18.9 Å². The molecule has 0 aromatic heterocycles. The number of aliphatic hydroxyl groups is 4. The highest BCUT2D eigenvalue weighted by atomic mass is 16.7. The fraction of sp³-hybridized carbons (Fsp3) is 0.895. The summed E-state index contributed by atoms with van der Waals surface area (Å²) in [4.78, 5) is 25.0. The average Bonchev–Trinajstić information content (AvgIpc) is 3.08. The first-order valence-electron chi connectivity index (χ1n) is 19.3. The molecule has 0 aromatic rings. The Bertz CT molecular complexity index is 804. The smallest absolute Gasteiger partial charge is 0.306 e. The number of carbonyl (C=O) groups excluding carboxylic acids is 2. The fourth-order valence-corrected chi connectivity index (χ4v) is 5.79. The Hall–Kier alpha value is -1.56. The van der Waals surface area contributed by atoms with Crippen LogP contribution in [0.1, 0.15) is 162 Å². The molecule has 1 fully saturated rings. The lowest BCUT2D eigenvalue weighted by Crippen LogP contribution is -2.59. The molecular formula is C38H70O10. The van der Waals surface area contributed by atoms with E-state index in [9.17, 15) is 30.0 Å². The van der Waals surface area contributed by atoms with E-state index < -0.39 is 55.4 Å². The summed E-state index contributed by atoms with van der Waals surface area (Å²) in [5.74, 6) is -0.865. The SMILES string of the molecule is CCCCCCCCCCCCC/C=C/CCC(=O)OC[C@@H](CO[C@H]1O[C@@H](CO)[C@@H](O)C(O)C1O)OC(=O)CCCCCCCCCC. The van der Waals surface area contributed by atoms with Crippen LogP contribution < -0.4 is 0 Å². The largest absolute Gasteiger partial charge is 0.462 e. The summed E-state index contributed by atoms with van der Waals surface area (Å²) >= 11 is 0. The van der Waals surface area contributed by atoms with E-state index >= 15 is 0 Å². The molecule has 0 bridgehead atoms. The number of unbranched alkanes of at least 4 members (excludes halogenated alkanes) is 18. The van der Waals surface area contributed by atoms with Gasteiger partial charge in [0.15, 0.2) is 12.4 Å². The Morgan fingerprint density at radius 2 is 1.15 bits per heavy atom. The predicted molar refractivity (Wildman–Crippen MR) is 187 cm³/mol. The van der Waals surface area contributed by atoms with Gasteiger partial charge in [-0.15, -0.1) is 0 Å². The summed E-state index contributed by atoms with van der Waals surface area (Å²) in [5, 5.41) is 39.8. The number of aliphatic hydroxyl groups excluding tert-OH is 4. The van der Waals surface area contributed by atoms with Crippen LogP contribution >= 0.6 is 0 Å². The number of rotatable bonds is 31. The lowest BCUT2D eigenvalue weighted by molar-refractivity contribution is -0.305. The second-order valence-electron chi connectivity index (χ2n) is 13.4. The van der Waals surface area contributed by atoms with E-state index in [1.165, 1.54) is 89.9 Å². The monoisotopic (exact) mass is 686 g/mol. The third-order valence-electron chi connectivity index (χ3n) is 8.91. The van der Waals surface area contributed by atoms with Crippen molar-refractivity contribution in [3.8, 4) is 0 Å². The Morgan fingerprint density at radius 3 is 1.71 bits per heavy atom. The molecule has 4 N–H and O–H groups in total. The number of esters is 2. The van der Waals surface area contributed by atoms with E-state index in [-0.39, 0.29) is 26.1 Å². The lowest BCUT2D eigenvalue weighted by Gasteiger charge is -2.39. The molecule has 282 valence electrons. The highest BCUT2D eigenvalue weighted by Gasteiger charge is 2.44. The van der Waals surface area contributed by atoms with Gasteiger partial charge in [-0.3, -0.25) is 9.59 Å². The summed E-state index contributed by atoms with van der Waals surface area (Å²) in [6.45, 7) is 3.33. The second-order valence-corrected chi connectivity index (χ2v) is 13.4. The molecule has 1 aliphatic rings. The maximum atomic E-state index is 12.6. The van der Waals surface area contributed by atoms with Crippen molar-refractivity contribution in [2.24, 2.45) is 0 Å². The maximum Gasteiger partial charge on any atom is 0.306 e. The zero-order chi connectivity index (χ0) is 35.2. The van der Waals surface area contributed by atoms with Gasteiger partial charge in [0.1, 0.15) is 31.0 Å². The highest BCUT2D eigenvalue weighted by molar-refractivity contribution is 5.70. The van der Waals surface area contributed by atoms with Crippen molar-refractivity contribution < 1.29 is 49.0 Å². The van der Waals surface area contributed by atoms with Gasteiger partial charge in [0, 0.05) is 12.8 Å². The van der Waals surface area contributed by atoms with Gasteiger partial charge in [-0.1, -0.05) is 135 Å². The maximum absolute atomic E-state index is 12.6. The molecule has 1 aliphatic heterocycles. The molecule has 1 heterocycles. The number of carbonyl (C=O) groups is 2. The molecular weight excluding hydrogens is 616 g/mol. The standard InChI is InChI=1S/C38H70O10/c1-3-5-7-9-11-13-14-15-16-17-18-19-21-22-24-26-33(40)45-29-31(47-34(41)27-25-23-20-12-10-8-6-4-2)30-46-38-37(44)36(43)35(42)32(28-39)48-38/h21-22,31-32,35-39,42-44H,3-20,23-30H2,1-2H3/b22-21+/t31-,32-,35+,36?,37?,38-/m0/s1. The molecule has 0 amide bonds. The van der Waals surface area contributed by atoms with Gasteiger partial charge in [0.25, 0.3) is 0 Å². The Labute approximate surface area is 291 Å². The molecule has 0 aromatic carbocycles. The van der Waals surface area contributed by atoms with Crippen molar-refractivity contribution in [1.29, 1.82) is 0 Å². The molecule has 48 heavy (non-hydrogen) atoms. The number of hydrogen-bond donors (Lipinski definition) is 4. The summed E-state index contributed by atoms with van der Waals surface area (Å²) in [6, 6.07) is 0. The summed E-state index contributed by atoms with van der Waals surface area (Å²) in [6.07, 6.45) is 21.1. The normalized spacial score (nSPS) is 21.8. The third kappa shape index (κ3) is 22.2. The van der Waals surface area contributed by atoms with Crippen LogP contribution in [0.5, 0.6) is 0 Å². The van der Waals surface area contributed by atoms with Crippen molar-refractivity contribution in [2.45, 2.75) is 198 Å². The van der Waals surface area contributed by atoms with Gasteiger partial charge in [0.2, 0.25) is 0 Å². The molecule has 0 saturated carbocycles. The van der Waals surface area contributed by atoms with Crippen molar-refractivity contribution in [1.82, 2.24) is 0 Å². The van der Waals surface area contributed by atoms with Crippen molar-refractivity contribution in [3.05, 3.63) is 12.2 Å². The molecule has 1 rings (SSSR count). The molecule has 10 nitrogen and oxygen atoms in total. The van der Waals surface area contributed by atoms with Crippen LogP contribution in [-0.4, -0.2) is 89.0 Å². The molecule has 0 spiro atoms. The van der Waals surface area contributed by atoms with Crippen molar-refractivity contribution in [3.63, 3.8) is 0 Å². The number of hydrogen-bond acceptors (Lipinski definition) is 10. The van der Waals surface area contributed by atoms with Crippen LogP contribution in [0.2, 0.25) is 0 Å². The van der Waals surface area contributed by atoms with E-state index in [0.717, 1.165) is 32.1 Å². The van der Waals surface area contributed by atoms with Crippen LogP contribution in [0.3, 0.4) is 0 Å². The number of ether oxygens (including phenoxy) is 4. The third-order valence-corrected chi connectivity index (χ3v) is 8.91. The minimum atomic E-state index is -1.59. The first-order valence-corrected chi connectivity index (χ1v) is 19.3. The van der Waals surface area contributed by atoms with E-state index in [1.54, 1.807) is 0 Å². The van der Waals surface area contributed by atoms with Gasteiger partial charge in [-0.05, 0) is 25.7 Å². The molecule has 10 heteroatoms. The lowest BCUT2D eigenvalue weighted by atomic mass is 9.99. The molecule has 0 aliphatic carbocycles. The summed E-state index contributed by atoms with van der Waals surface area (Å²) in [7, 11) is 0. The van der Waals surface area contributed by atoms with E-state index in [2.05, 4.69) is 19.9 Å². The second kappa shape index (κ2) is 30.3. The topological polar surface area (TPSA) is 152 Å². The Morgan fingerprint density at radius 1 is 0.625 bits per heavy atom. The van der Waals surface area contributed by atoms with Gasteiger partial charge in [-0.2, -0.15) is 0 Å². The molecule has 2 unspecified atom stereocenters. The van der Waals surface area contributed by atoms with Crippen LogP contribution in [0.15, 0.2) is 12.2 Å². The summed E-state index contributed by atoms with van der Waals surface area (Å²) < 4.78 is 21.9. The van der Waals surface area contributed by atoms with Gasteiger partial charge in [-0.25, -0.2) is 0 Å². The molecule has 0 radical (unpaired) electrons. The summed E-state index contributed by atoms with van der Waals surface area (Å²) in [5.41, 5.74) is 0. The van der Waals surface area contributed by atoms with Gasteiger partial charge < -0.3 is 39.4 Å². The van der Waals surface area contributed by atoms with Gasteiger partial charge >= 0.3 is 11.9 Å². The number of allylic oxidation sites excluding steroid dienone is 2. The van der Waals surface area contributed by atoms with Crippen LogP contribution in [0.25, 0.3) is 0 Å². The minimum Gasteiger partial charge on any atom is -0.462 e. The predicted octanol–water partition coefficient (Wildman–Crippen LogP) is 6.83. The molecule has 6 atom stereocenters. The zero-order valence-corrected chi connectivity index (χ0v) is 30.2. The van der Waals surface area contributed by atoms with E-state index in [1.807, 2.05) is 6.08 Å². The Kier molecular flexibility index (Phi) is 28.0. The first-order chi connectivity index (χ1) is 23.3. The fourth-order valence-electron chi connectivity index (χ4n) is 5.79. The molecule has 1 saturated heterocycles. The Balaban J connectivity index is 2.38. The first kappa shape index (κ1) is 44.5. The highest BCUT2D eigenvalue weighted by Crippen LogP contribution is 2.22. The zero-order valence-electron chi connectivity index (χ0n) is 30.2. The van der Waals surface area contributed by atoms with Crippen LogP contribution in [-0.2, 0) is 28.5 Å². The van der Waals surface area contributed by atoms with Gasteiger partial charge in [0.05, 0.1) is 13.2 Å². The average molecular weight is 687 g/mol.